The first kappa shape index (κ1) is 28.9. The molecule has 0 aliphatic rings. The van der Waals surface area contributed by atoms with E-state index in [9.17, 15) is 9.90 Å². The summed E-state index contributed by atoms with van der Waals surface area (Å²) >= 11 is 1.40. The van der Waals surface area contributed by atoms with Gasteiger partial charge in [-0.25, -0.2) is 14.5 Å². The van der Waals surface area contributed by atoms with Crippen molar-refractivity contribution in [3.8, 4) is 56.3 Å². The highest BCUT2D eigenvalue weighted by Crippen LogP contribution is 2.50. The van der Waals surface area contributed by atoms with Crippen molar-refractivity contribution in [1.29, 1.82) is 0 Å². The predicted molar refractivity (Wildman–Crippen MR) is 177 cm³/mol. The Morgan fingerprint density at radius 3 is 2.57 bits per heavy atom. The highest BCUT2D eigenvalue weighted by molar-refractivity contribution is 7.21. The summed E-state index contributed by atoms with van der Waals surface area (Å²) in [5.74, 6) is 0.890. The van der Waals surface area contributed by atoms with Crippen LogP contribution in [0.2, 0.25) is 0 Å². The Hall–Kier alpha value is -5.81. The van der Waals surface area contributed by atoms with Gasteiger partial charge in [-0.05, 0) is 49.4 Å². The second kappa shape index (κ2) is 11.9. The molecule has 0 atom stereocenters. The standard InChI is InChI=1S/C35H28N4O6S/c1-4-44-35(41)21-18-36-39(19-21)32-28(43-3)17-29(33(40)31(32)34-38-25-11-7-8-12-30(25)46-34)45-27-14-13-22(42-2)16-23(27)26-15-20-9-5-6-10-24(20)37-26/h5-19,37,40H,4H2,1-3H3. The lowest BCUT2D eigenvalue weighted by molar-refractivity contribution is 0.0526. The van der Waals surface area contributed by atoms with Crippen LogP contribution in [0.1, 0.15) is 17.3 Å². The molecule has 7 rings (SSSR count). The lowest BCUT2D eigenvalue weighted by Gasteiger charge is -2.19. The highest BCUT2D eigenvalue weighted by Gasteiger charge is 2.27. The number of phenols is 1. The number of ether oxygens (including phenoxy) is 4. The SMILES string of the molecule is CCOC(=O)c1cnn(-c2c(OC)cc(Oc3ccc(OC)cc3-c3cc4ccccc4[nH]3)c(O)c2-c2nc3ccccc3s2)c1. The second-order valence-electron chi connectivity index (χ2n) is 10.3. The molecule has 46 heavy (non-hydrogen) atoms. The van der Waals surface area contributed by atoms with E-state index >= 15 is 0 Å². The molecule has 0 saturated carbocycles. The number of para-hydroxylation sites is 2. The topological polar surface area (TPSA) is 121 Å². The summed E-state index contributed by atoms with van der Waals surface area (Å²) in [5, 5.41) is 18.0. The molecule has 3 heterocycles. The van der Waals surface area contributed by atoms with E-state index in [2.05, 4.69) is 10.1 Å². The van der Waals surface area contributed by atoms with E-state index in [4.69, 9.17) is 23.9 Å². The maximum atomic E-state index is 12.5. The number of fused-ring (bicyclic) bond motifs is 2. The number of carbonyl (C=O) groups is 1. The van der Waals surface area contributed by atoms with E-state index in [1.165, 1.54) is 35.5 Å². The second-order valence-corrected chi connectivity index (χ2v) is 11.3. The molecule has 0 unspecified atom stereocenters. The van der Waals surface area contributed by atoms with Crippen LogP contribution in [0.25, 0.3) is 48.6 Å². The fourth-order valence-electron chi connectivity index (χ4n) is 5.29. The van der Waals surface area contributed by atoms with Crippen LogP contribution in [0, 0.1) is 0 Å². The molecule has 2 N–H and O–H groups in total. The zero-order valence-electron chi connectivity index (χ0n) is 25.1. The van der Waals surface area contributed by atoms with Gasteiger partial charge in [0.15, 0.2) is 11.5 Å². The largest absolute Gasteiger partial charge is 0.504 e. The Balaban J connectivity index is 1.41. The van der Waals surface area contributed by atoms with Crippen LogP contribution in [0.15, 0.2) is 91.3 Å². The number of aromatic amines is 1. The van der Waals surface area contributed by atoms with Gasteiger partial charge in [-0.3, -0.25) is 0 Å². The van der Waals surface area contributed by atoms with Gasteiger partial charge in [-0.15, -0.1) is 11.3 Å². The van der Waals surface area contributed by atoms with Crippen LogP contribution in [0.5, 0.6) is 28.7 Å². The molecule has 230 valence electrons. The number of rotatable bonds is 9. The van der Waals surface area contributed by atoms with E-state index in [1.807, 2.05) is 60.7 Å². The number of methoxy groups -OCH3 is 2. The maximum absolute atomic E-state index is 12.5. The maximum Gasteiger partial charge on any atom is 0.341 e. The quantitative estimate of drug-likeness (QED) is 0.154. The van der Waals surface area contributed by atoms with Crippen molar-refractivity contribution in [3.63, 3.8) is 0 Å². The normalized spacial score (nSPS) is 11.2. The minimum Gasteiger partial charge on any atom is -0.504 e. The number of nitrogens with one attached hydrogen (secondary N) is 1. The van der Waals surface area contributed by atoms with Crippen molar-refractivity contribution in [2.45, 2.75) is 6.92 Å². The van der Waals surface area contributed by atoms with E-state index in [1.54, 1.807) is 32.2 Å². The monoisotopic (exact) mass is 632 g/mol. The van der Waals surface area contributed by atoms with Crippen molar-refractivity contribution >= 4 is 38.4 Å². The van der Waals surface area contributed by atoms with Gasteiger partial charge in [0, 0.05) is 28.7 Å². The van der Waals surface area contributed by atoms with Crippen molar-refractivity contribution in [2.75, 3.05) is 20.8 Å². The fraction of sp³-hybridized carbons (Fsp3) is 0.114. The minimum atomic E-state index is -0.512. The molecular formula is C35H28N4O6S. The summed E-state index contributed by atoms with van der Waals surface area (Å²) in [6.07, 6.45) is 2.94. The number of hydrogen-bond donors (Lipinski definition) is 2. The Morgan fingerprint density at radius 2 is 1.78 bits per heavy atom. The first-order chi connectivity index (χ1) is 22.5. The van der Waals surface area contributed by atoms with Crippen molar-refractivity contribution in [1.82, 2.24) is 19.7 Å². The Morgan fingerprint density at radius 1 is 0.957 bits per heavy atom. The van der Waals surface area contributed by atoms with Crippen molar-refractivity contribution in [3.05, 3.63) is 96.8 Å². The van der Waals surface area contributed by atoms with Gasteiger partial charge in [-0.1, -0.05) is 30.3 Å². The van der Waals surface area contributed by atoms with Crippen LogP contribution in [0.4, 0.5) is 0 Å². The fourth-order valence-corrected chi connectivity index (χ4v) is 6.31. The van der Waals surface area contributed by atoms with E-state index in [0.717, 1.165) is 32.4 Å². The average molecular weight is 633 g/mol. The predicted octanol–water partition coefficient (Wildman–Crippen LogP) is 7.99. The lowest BCUT2D eigenvalue weighted by Crippen LogP contribution is -2.05. The summed E-state index contributed by atoms with van der Waals surface area (Å²) in [5.41, 5.74) is 4.24. The number of hydrogen-bond acceptors (Lipinski definition) is 9. The summed E-state index contributed by atoms with van der Waals surface area (Å²) in [7, 11) is 3.12. The number of aromatic nitrogens is 4. The molecule has 0 spiro atoms. The van der Waals surface area contributed by atoms with Crippen LogP contribution in [0.3, 0.4) is 0 Å². The summed E-state index contributed by atoms with van der Waals surface area (Å²) < 4.78 is 25.5. The van der Waals surface area contributed by atoms with Crippen LogP contribution < -0.4 is 14.2 Å². The molecule has 0 aliphatic carbocycles. The molecule has 10 nitrogen and oxygen atoms in total. The van der Waals surface area contributed by atoms with Gasteiger partial charge < -0.3 is 29.0 Å². The molecule has 0 fully saturated rings. The van der Waals surface area contributed by atoms with Gasteiger partial charge in [0.2, 0.25) is 0 Å². The zero-order chi connectivity index (χ0) is 31.8. The van der Waals surface area contributed by atoms with Gasteiger partial charge in [-0.2, -0.15) is 5.10 Å². The first-order valence-corrected chi connectivity index (χ1v) is 15.2. The molecule has 7 aromatic rings. The molecule has 3 aromatic heterocycles. The van der Waals surface area contributed by atoms with Crippen LogP contribution in [-0.4, -0.2) is 51.7 Å². The number of phenolic OH excluding ortho intramolecular Hbond substituents is 1. The van der Waals surface area contributed by atoms with Gasteiger partial charge >= 0.3 is 5.97 Å². The number of thiazole rings is 1. The smallest absolute Gasteiger partial charge is 0.341 e. The molecular weight excluding hydrogens is 604 g/mol. The summed E-state index contributed by atoms with van der Waals surface area (Å²) in [6, 6.07) is 24.7. The van der Waals surface area contributed by atoms with Crippen molar-refractivity contribution < 1.29 is 28.8 Å². The molecule has 0 bridgehead atoms. The van der Waals surface area contributed by atoms with Gasteiger partial charge in [0.1, 0.15) is 27.9 Å². The van der Waals surface area contributed by atoms with Crippen LogP contribution in [-0.2, 0) is 4.74 Å². The number of nitrogens with zero attached hydrogens (tertiary/aromatic N) is 3. The Kier molecular flexibility index (Phi) is 7.51. The molecule has 0 saturated heterocycles. The average Bonchev–Trinajstić information content (AvgIpc) is 3.84. The van der Waals surface area contributed by atoms with E-state index < -0.39 is 5.97 Å². The third-order valence-corrected chi connectivity index (χ3v) is 8.53. The summed E-state index contributed by atoms with van der Waals surface area (Å²) in [4.78, 5) is 20.8. The molecule has 4 aromatic carbocycles. The number of H-pyrrole nitrogens is 1. The Bertz CT molecular complexity index is 2170. The number of benzene rings is 4. The van der Waals surface area contributed by atoms with Crippen molar-refractivity contribution in [2.24, 2.45) is 0 Å². The summed E-state index contributed by atoms with van der Waals surface area (Å²) in [6.45, 7) is 1.96. The number of esters is 1. The van der Waals surface area contributed by atoms with Gasteiger partial charge in [0.25, 0.3) is 0 Å². The number of carbonyl (C=O) groups excluding carboxylic acids is 1. The Labute approximate surface area is 267 Å². The molecule has 11 heteroatoms. The first-order valence-electron chi connectivity index (χ1n) is 14.4. The highest BCUT2D eigenvalue weighted by atomic mass is 32.1. The third-order valence-electron chi connectivity index (χ3n) is 7.48. The number of aromatic hydroxyl groups is 1. The lowest BCUT2D eigenvalue weighted by atomic mass is 10.1. The zero-order valence-corrected chi connectivity index (χ0v) is 25.9. The minimum absolute atomic E-state index is 0.134. The van der Waals surface area contributed by atoms with Crippen LogP contribution >= 0.6 is 11.3 Å². The van der Waals surface area contributed by atoms with Gasteiger partial charge in [0.05, 0.1) is 54.1 Å². The molecule has 0 aliphatic heterocycles. The molecule has 0 radical (unpaired) electrons. The third kappa shape index (κ3) is 5.16. The van der Waals surface area contributed by atoms with E-state index in [-0.39, 0.29) is 23.7 Å². The van der Waals surface area contributed by atoms with E-state index in [0.29, 0.717) is 33.5 Å². The molecule has 0 amide bonds.